The summed E-state index contributed by atoms with van der Waals surface area (Å²) >= 11 is 3.41. The van der Waals surface area contributed by atoms with Crippen LogP contribution in [0.5, 0.6) is 0 Å². The highest BCUT2D eigenvalue weighted by Crippen LogP contribution is 2.24. The van der Waals surface area contributed by atoms with E-state index in [1.165, 1.54) is 5.56 Å². The van der Waals surface area contributed by atoms with Gasteiger partial charge in [0.2, 0.25) is 0 Å². The third kappa shape index (κ3) is 3.40. The summed E-state index contributed by atoms with van der Waals surface area (Å²) in [7, 11) is 1.83. The molecule has 1 amide bonds. The maximum absolute atomic E-state index is 12.5. The number of hydrogen-bond acceptors (Lipinski definition) is 2. The first-order valence-electron chi connectivity index (χ1n) is 7.66. The highest BCUT2D eigenvalue weighted by molar-refractivity contribution is 9.10. The summed E-state index contributed by atoms with van der Waals surface area (Å²) in [5, 5.41) is 4.25. The molecule has 0 atom stereocenters. The van der Waals surface area contributed by atoms with Gasteiger partial charge in [-0.15, -0.1) is 0 Å². The van der Waals surface area contributed by atoms with Crippen molar-refractivity contribution in [3.63, 3.8) is 0 Å². The zero-order chi connectivity index (χ0) is 15.5. The van der Waals surface area contributed by atoms with E-state index < -0.39 is 0 Å². The average Bonchev–Trinajstić information content (AvgIpc) is 2.87. The van der Waals surface area contributed by atoms with Gasteiger partial charge in [-0.25, -0.2) is 0 Å². The molecule has 1 aliphatic heterocycles. The Kier molecular flexibility index (Phi) is 4.62. The van der Waals surface area contributed by atoms with Crippen molar-refractivity contribution in [3.05, 3.63) is 52.3 Å². The number of aromatic nitrogens is 2. The molecule has 1 aromatic heterocycles. The highest BCUT2D eigenvalue weighted by Gasteiger charge is 2.26. The highest BCUT2D eigenvalue weighted by atomic mass is 79.9. The van der Waals surface area contributed by atoms with Gasteiger partial charge >= 0.3 is 0 Å². The molecule has 4 nitrogen and oxygen atoms in total. The molecule has 1 fully saturated rings. The zero-order valence-electron chi connectivity index (χ0n) is 12.7. The average molecular weight is 362 g/mol. The molecular weight excluding hydrogens is 342 g/mol. The number of piperidine rings is 1. The van der Waals surface area contributed by atoms with E-state index in [1.807, 2.05) is 18.1 Å². The van der Waals surface area contributed by atoms with Crippen LogP contribution in [0.2, 0.25) is 0 Å². The first-order chi connectivity index (χ1) is 10.6. The number of amides is 1. The summed E-state index contributed by atoms with van der Waals surface area (Å²) < 4.78 is 2.44. The molecule has 116 valence electrons. The number of benzene rings is 1. The molecule has 1 aromatic carbocycles. The quantitative estimate of drug-likeness (QED) is 0.841. The topological polar surface area (TPSA) is 38.1 Å². The maximum atomic E-state index is 12.5. The molecule has 1 aliphatic rings. The van der Waals surface area contributed by atoms with Gasteiger partial charge in [-0.3, -0.25) is 9.48 Å². The van der Waals surface area contributed by atoms with Crippen molar-refractivity contribution in [1.82, 2.24) is 14.7 Å². The summed E-state index contributed by atoms with van der Waals surface area (Å²) in [6.45, 7) is 1.64. The van der Waals surface area contributed by atoms with E-state index in [0.717, 1.165) is 36.8 Å². The molecule has 0 radical (unpaired) electrons. The normalized spacial score (nSPS) is 16.0. The summed E-state index contributed by atoms with van der Waals surface area (Å²) in [6, 6.07) is 10.6. The van der Waals surface area contributed by atoms with Crippen LogP contribution < -0.4 is 0 Å². The van der Waals surface area contributed by atoms with Gasteiger partial charge < -0.3 is 4.90 Å². The van der Waals surface area contributed by atoms with E-state index in [-0.39, 0.29) is 5.91 Å². The van der Waals surface area contributed by atoms with E-state index in [1.54, 1.807) is 4.68 Å². The lowest BCUT2D eigenvalue weighted by Crippen LogP contribution is -2.39. The monoisotopic (exact) mass is 361 g/mol. The van der Waals surface area contributed by atoms with Crippen LogP contribution in [0.4, 0.5) is 0 Å². The smallest absolute Gasteiger partial charge is 0.275 e. The van der Waals surface area contributed by atoms with Gasteiger partial charge in [-0.2, -0.15) is 5.10 Å². The second kappa shape index (κ2) is 6.65. The summed E-state index contributed by atoms with van der Waals surface area (Å²) in [4.78, 5) is 14.4. The maximum Gasteiger partial charge on any atom is 0.275 e. The molecule has 0 aliphatic carbocycles. The van der Waals surface area contributed by atoms with Crippen LogP contribution in [0, 0.1) is 5.92 Å². The van der Waals surface area contributed by atoms with Gasteiger partial charge in [0.15, 0.2) is 5.69 Å². The Balaban J connectivity index is 1.57. The molecule has 22 heavy (non-hydrogen) atoms. The fraction of sp³-hybridized carbons (Fsp3) is 0.412. The van der Waals surface area contributed by atoms with Crippen LogP contribution in [-0.4, -0.2) is 33.7 Å². The van der Waals surface area contributed by atoms with Crippen LogP contribution in [0.25, 0.3) is 0 Å². The van der Waals surface area contributed by atoms with E-state index in [9.17, 15) is 4.79 Å². The largest absolute Gasteiger partial charge is 0.337 e. The van der Waals surface area contributed by atoms with Crippen LogP contribution in [0.15, 0.2) is 41.0 Å². The Labute approximate surface area is 139 Å². The van der Waals surface area contributed by atoms with E-state index in [4.69, 9.17) is 0 Å². The Hall–Kier alpha value is -1.62. The molecule has 2 heterocycles. The number of halogens is 1. The van der Waals surface area contributed by atoms with Crippen molar-refractivity contribution in [1.29, 1.82) is 0 Å². The Morgan fingerprint density at radius 1 is 1.27 bits per heavy atom. The van der Waals surface area contributed by atoms with E-state index in [2.05, 4.69) is 51.4 Å². The van der Waals surface area contributed by atoms with Crippen LogP contribution in [0.3, 0.4) is 0 Å². The molecule has 3 rings (SSSR count). The number of likely N-dealkylation sites (tertiary alicyclic amines) is 1. The molecule has 0 bridgehead atoms. The number of rotatable bonds is 3. The minimum Gasteiger partial charge on any atom is -0.337 e. The van der Waals surface area contributed by atoms with Gasteiger partial charge in [0.1, 0.15) is 0 Å². The lowest BCUT2D eigenvalue weighted by Gasteiger charge is -2.31. The minimum absolute atomic E-state index is 0.0330. The first kappa shape index (κ1) is 15.3. The van der Waals surface area contributed by atoms with Gasteiger partial charge in [0, 0.05) is 26.3 Å². The van der Waals surface area contributed by atoms with Crippen molar-refractivity contribution < 1.29 is 4.79 Å². The van der Waals surface area contributed by atoms with Crippen LogP contribution >= 0.6 is 15.9 Å². The molecular formula is C17H20BrN3O. The van der Waals surface area contributed by atoms with Crippen molar-refractivity contribution in [2.45, 2.75) is 19.3 Å². The number of carbonyl (C=O) groups excluding carboxylic acids is 1. The fourth-order valence-electron chi connectivity index (χ4n) is 3.04. The first-order valence-corrected chi connectivity index (χ1v) is 8.45. The summed E-state index contributed by atoms with van der Waals surface area (Å²) in [5.74, 6) is 0.698. The lowest BCUT2D eigenvalue weighted by molar-refractivity contribution is 0.0683. The third-order valence-corrected chi connectivity index (χ3v) is 4.84. The van der Waals surface area contributed by atoms with E-state index >= 15 is 0 Å². The van der Waals surface area contributed by atoms with E-state index in [0.29, 0.717) is 11.6 Å². The molecule has 0 N–H and O–H groups in total. The van der Waals surface area contributed by atoms with Gasteiger partial charge in [0.25, 0.3) is 5.91 Å². The predicted molar refractivity (Wildman–Crippen MR) is 89.7 cm³/mol. The SMILES string of the molecule is Cn1cc(Br)c(C(=O)N2CCC(Cc3ccccc3)CC2)n1. The number of aryl methyl sites for hydroxylation is 1. The standard InChI is InChI=1S/C17H20BrN3O/c1-20-12-15(18)16(19-20)17(22)21-9-7-14(8-10-21)11-13-5-3-2-4-6-13/h2-6,12,14H,7-11H2,1H3. The zero-order valence-corrected chi connectivity index (χ0v) is 14.3. The van der Waals surface area contributed by atoms with Crippen molar-refractivity contribution in [3.8, 4) is 0 Å². The summed E-state index contributed by atoms with van der Waals surface area (Å²) in [6.07, 6.45) is 5.04. The Morgan fingerprint density at radius 3 is 2.55 bits per heavy atom. The Morgan fingerprint density at radius 2 is 1.95 bits per heavy atom. The molecule has 0 spiro atoms. The van der Waals surface area contributed by atoms with Crippen molar-refractivity contribution in [2.75, 3.05) is 13.1 Å². The third-order valence-electron chi connectivity index (χ3n) is 4.26. The molecule has 0 unspecified atom stereocenters. The second-order valence-corrected chi connectivity index (χ2v) is 6.78. The van der Waals surface area contributed by atoms with Crippen LogP contribution in [0.1, 0.15) is 28.9 Å². The van der Waals surface area contributed by atoms with Gasteiger partial charge in [-0.1, -0.05) is 30.3 Å². The number of nitrogens with zero attached hydrogens (tertiary/aromatic N) is 3. The second-order valence-electron chi connectivity index (χ2n) is 5.92. The minimum atomic E-state index is 0.0330. The fourth-order valence-corrected chi connectivity index (χ4v) is 3.59. The number of hydrogen-bond donors (Lipinski definition) is 0. The molecule has 1 saturated heterocycles. The molecule has 0 saturated carbocycles. The van der Waals surface area contributed by atoms with Crippen molar-refractivity contribution in [2.24, 2.45) is 13.0 Å². The number of carbonyl (C=O) groups is 1. The van der Waals surface area contributed by atoms with Crippen LogP contribution in [-0.2, 0) is 13.5 Å². The molecule has 5 heteroatoms. The predicted octanol–water partition coefficient (Wildman–Crippen LogP) is 3.28. The van der Waals surface area contributed by atoms with Crippen molar-refractivity contribution >= 4 is 21.8 Å². The Bertz CT molecular complexity index is 645. The van der Waals surface area contributed by atoms with Gasteiger partial charge in [-0.05, 0) is 46.7 Å². The molecule has 2 aromatic rings. The van der Waals surface area contributed by atoms with Gasteiger partial charge in [0.05, 0.1) is 4.47 Å². The summed E-state index contributed by atoms with van der Waals surface area (Å²) in [5.41, 5.74) is 1.91. The lowest BCUT2D eigenvalue weighted by atomic mass is 9.90.